The molecule has 0 saturated heterocycles. The Hall–Kier alpha value is -0.0800. The normalized spacial score (nSPS) is 12.6. The molecule has 0 aromatic rings. The number of nitrogens with zero attached hydrogens (tertiary/aromatic N) is 1. The van der Waals surface area contributed by atoms with E-state index in [0.717, 1.165) is 13.0 Å². The average molecular weight is 145 g/mol. The third-order valence-corrected chi connectivity index (χ3v) is 1.48. The predicted molar refractivity (Wildman–Crippen MR) is 43.8 cm³/mol. The second-order valence-electron chi connectivity index (χ2n) is 4.03. The molecule has 0 aliphatic carbocycles. The van der Waals surface area contributed by atoms with Gasteiger partial charge in [-0.05, 0) is 18.9 Å². The maximum absolute atomic E-state index is 8.66. The third-order valence-electron chi connectivity index (χ3n) is 1.48. The van der Waals surface area contributed by atoms with Crippen LogP contribution >= 0.6 is 0 Å². The van der Waals surface area contributed by atoms with Crippen molar-refractivity contribution in [2.75, 3.05) is 20.3 Å². The standard InChI is InChI=1S/C8H19NO/c1-8(2,3)5-6-9(4)7-10/h10H,5-7H2,1-4H3. The van der Waals surface area contributed by atoms with Gasteiger partial charge in [0, 0.05) is 6.54 Å². The smallest absolute Gasteiger partial charge is 0.0954 e. The maximum atomic E-state index is 8.66. The fourth-order valence-corrected chi connectivity index (χ4v) is 0.597. The molecule has 0 unspecified atom stereocenters. The molecule has 0 aromatic heterocycles. The summed E-state index contributed by atoms with van der Waals surface area (Å²) in [5.41, 5.74) is 0.378. The third kappa shape index (κ3) is 6.05. The summed E-state index contributed by atoms with van der Waals surface area (Å²) in [7, 11) is 1.92. The lowest BCUT2D eigenvalue weighted by atomic mass is 9.92. The molecule has 0 radical (unpaired) electrons. The first kappa shape index (κ1) is 9.92. The van der Waals surface area contributed by atoms with Crippen LogP contribution < -0.4 is 0 Å². The number of aliphatic hydroxyl groups is 1. The SMILES string of the molecule is CN(CO)CCC(C)(C)C. The van der Waals surface area contributed by atoms with Gasteiger partial charge < -0.3 is 5.11 Å². The summed E-state index contributed by atoms with van der Waals surface area (Å²) in [4.78, 5) is 1.91. The highest BCUT2D eigenvalue weighted by molar-refractivity contribution is 4.62. The minimum atomic E-state index is 0.163. The molecule has 2 nitrogen and oxygen atoms in total. The zero-order chi connectivity index (χ0) is 8.20. The molecule has 10 heavy (non-hydrogen) atoms. The maximum Gasteiger partial charge on any atom is 0.0954 e. The summed E-state index contributed by atoms with van der Waals surface area (Å²) in [6.45, 7) is 7.75. The Morgan fingerprint density at radius 3 is 2.10 bits per heavy atom. The lowest BCUT2D eigenvalue weighted by molar-refractivity contribution is 0.120. The molecule has 0 bridgehead atoms. The zero-order valence-electron chi connectivity index (χ0n) is 7.52. The van der Waals surface area contributed by atoms with E-state index < -0.39 is 0 Å². The zero-order valence-corrected chi connectivity index (χ0v) is 7.52. The van der Waals surface area contributed by atoms with Gasteiger partial charge in [-0.2, -0.15) is 0 Å². The van der Waals surface area contributed by atoms with E-state index in [1.807, 2.05) is 11.9 Å². The first-order valence-corrected chi connectivity index (χ1v) is 3.75. The van der Waals surface area contributed by atoms with Crippen molar-refractivity contribution in [2.45, 2.75) is 27.2 Å². The van der Waals surface area contributed by atoms with Crippen LogP contribution in [0.2, 0.25) is 0 Å². The number of hydrogen-bond acceptors (Lipinski definition) is 2. The van der Waals surface area contributed by atoms with Gasteiger partial charge in [-0.15, -0.1) is 0 Å². The number of rotatable bonds is 3. The van der Waals surface area contributed by atoms with Crippen molar-refractivity contribution in [2.24, 2.45) is 5.41 Å². The van der Waals surface area contributed by atoms with Gasteiger partial charge in [0.1, 0.15) is 0 Å². The lowest BCUT2D eigenvalue weighted by Gasteiger charge is -2.21. The van der Waals surface area contributed by atoms with Gasteiger partial charge in [-0.25, -0.2) is 0 Å². The van der Waals surface area contributed by atoms with E-state index in [4.69, 9.17) is 5.11 Å². The fourth-order valence-electron chi connectivity index (χ4n) is 0.597. The van der Waals surface area contributed by atoms with Crippen LogP contribution in [-0.4, -0.2) is 30.3 Å². The van der Waals surface area contributed by atoms with Crippen LogP contribution in [0.5, 0.6) is 0 Å². The summed E-state index contributed by atoms with van der Waals surface area (Å²) in [5.74, 6) is 0. The lowest BCUT2D eigenvalue weighted by Crippen LogP contribution is -2.24. The van der Waals surface area contributed by atoms with Crippen molar-refractivity contribution in [3.8, 4) is 0 Å². The van der Waals surface area contributed by atoms with Crippen LogP contribution in [0.4, 0.5) is 0 Å². The Balaban J connectivity index is 3.36. The Bertz CT molecular complexity index is 85.7. The molecule has 0 amide bonds. The van der Waals surface area contributed by atoms with Gasteiger partial charge >= 0.3 is 0 Å². The van der Waals surface area contributed by atoms with Crippen LogP contribution in [0.25, 0.3) is 0 Å². The monoisotopic (exact) mass is 145 g/mol. The van der Waals surface area contributed by atoms with Gasteiger partial charge in [-0.1, -0.05) is 20.8 Å². The molecule has 2 heteroatoms. The van der Waals surface area contributed by atoms with Crippen molar-refractivity contribution >= 4 is 0 Å². The van der Waals surface area contributed by atoms with Gasteiger partial charge in [0.05, 0.1) is 6.73 Å². The first-order chi connectivity index (χ1) is 4.45. The van der Waals surface area contributed by atoms with Crippen molar-refractivity contribution in [1.29, 1.82) is 0 Å². The van der Waals surface area contributed by atoms with E-state index >= 15 is 0 Å². The molecular weight excluding hydrogens is 126 g/mol. The summed E-state index contributed by atoms with van der Waals surface area (Å²) in [5, 5.41) is 8.66. The molecule has 0 rings (SSSR count). The molecule has 0 fully saturated rings. The minimum absolute atomic E-state index is 0.163. The van der Waals surface area contributed by atoms with Crippen LogP contribution in [0, 0.1) is 5.41 Å². The highest BCUT2D eigenvalue weighted by atomic mass is 16.3. The molecule has 0 aliphatic rings. The first-order valence-electron chi connectivity index (χ1n) is 3.75. The molecule has 0 aromatic carbocycles. The van der Waals surface area contributed by atoms with E-state index in [0.29, 0.717) is 5.41 Å². The van der Waals surface area contributed by atoms with E-state index in [1.165, 1.54) is 0 Å². The molecule has 0 saturated carbocycles. The molecule has 0 spiro atoms. The van der Waals surface area contributed by atoms with Gasteiger partial charge in [0.15, 0.2) is 0 Å². The fraction of sp³-hybridized carbons (Fsp3) is 1.00. The van der Waals surface area contributed by atoms with E-state index in [-0.39, 0.29) is 6.73 Å². The summed E-state index contributed by atoms with van der Waals surface area (Å²) in [6, 6.07) is 0. The van der Waals surface area contributed by atoms with Crippen LogP contribution in [-0.2, 0) is 0 Å². The van der Waals surface area contributed by atoms with Crippen molar-refractivity contribution in [3.05, 3.63) is 0 Å². The van der Waals surface area contributed by atoms with Crippen molar-refractivity contribution in [3.63, 3.8) is 0 Å². The summed E-state index contributed by atoms with van der Waals surface area (Å²) < 4.78 is 0. The van der Waals surface area contributed by atoms with Crippen LogP contribution in [0.15, 0.2) is 0 Å². The van der Waals surface area contributed by atoms with E-state index in [9.17, 15) is 0 Å². The quantitative estimate of drug-likeness (QED) is 0.605. The Kier molecular flexibility index (Phi) is 3.91. The van der Waals surface area contributed by atoms with Crippen LogP contribution in [0.3, 0.4) is 0 Å². The second kappa shape index (κ2) is 3.94. The van der Waals surface area contributed by atoms with E-state index in [1.54, 1.807) is 0 Å². The molecule has 62 valence electrons. The molecule has 0 atom stereocenters. The largest absolute Gasteiger partial charge is 0.381 e. The van der Waals surface area contributed by atoms with Crippen molar-refractivity contribution in [1.82, 2.24) is 4.90 Å². The minimum Gasteiger partial charge on any atom is -0.381 e. The second-order valence-corrected chi connectivity index (χ2v) is 4.03. The Labute approximate surface area is 63.8 Å². The molecule has 0 heterocycles. The topological polar surface area (TPSA) is 23.5 Å². The van der Waals surface area contributed by atoms with Crippen molar-refractivity contribution < 1.29 is 5.11 Å². The highest BCUT2D eigenvalue weighted by Crippen LogP contribution is 2.17. The molecule has 0 aliphatic heterocycles. The van der Waals surface area contributed by atoms with E-state index in [2.05, 4.69) is 20.8 Å². The average Bonchev–Trinajstić information content (AvgIpc) is 1.81. The summed E-state index contributed by atoms with van der Waals surface area (Å²) in [6.07, 6.45) is 1.13. The summed E-state index contributed by atoms with van der Waals surface area (Å²) >= 11 is 0. The highest BCUT2D eigenvalue weighted by Gasteiger charge is 2.10. The molecular formula is C8H19NO. The Morgan fingerprint density at radius 1 is 1.30 bits per heavy atom. The molecule has 1 N–H and O–H groups in total. The van der Waals surface area contributed by atoms with Gasteiger partial charge in [0.25, 0.3) is 0 Å². The Morgan fingerprint density at radius 2 is 1.80 bits per heavy atom. The number of hydrogen-bond donors (Lipinski definition) is 1. The predicted octanol–water partition coefficient (Wildman–Crippen LogP) is 1.30. The van der Waals surface area contributed by atoms with Gasteiger partial charge in [0.2, 0.25) is 0 Å². The van der Waals surface area contributed by atoms with Crippen LogP contribution in [0.1, 0.15) is 27.2 Å². The van der Waals surface area contributed by atoms with Gasteiger partial charge in [-0.3, -0.25) is 4.90 Å². The number of aliphatic hydroxyl groups excluding tert-OH is 1.